The van der Waals surface area contributed by atoms with Crippen LogP contribution >= 0.6 is 0 Å². The van der Waals surface area contributed by atoms with Crippen molar-refractivity contribution in [3.63, 3.8) is 0 Å². The predicted octanol–water partition coefficient (Wildman–Crippen LogP) is 7.53. The molecule has 2 rings (SSSR count). The van der Waals surface area contributed by atoms with Gasteiger partial charge in [0.25, 0.3) is 0 Å². The van der Waals surface area contributed by atoms with E-state index in [2.05, 4.69) is 50.6 Å². The van der Waals surface area contributed by atoms with Crippen LogP contribution in [0.1, 0.15) is 66.4 Å². The van der Waals surface area contributed by atoms with Gasteiger partial charge in [0.2, 0.25) is 11.8 Å². The third-order valence-electron chi connectivity index (χ3n) is 8.62. The van der Waals surface area contributed by atoms with Gasteiger partial charge in [-0.3, -0.25) is 4.99 Å². The lowest BCUT2D eigenvalue weighted by Gasteiger charge is -2.37. The maximum atomic E-state index is 8.03. The number of allylic oxidation sites excluding steroid dienone is 4. The molecule has 1 aromatic rings. The second kappa shape index (κ2) is 19.2. The lowest BCUT2D eigenvalue weighted by molar-refractivity contribution is 0.117. The quantitative estimate of drug-likeness (QED) is 0.0310. The van der Waals surface area contributed by atoms with Crippen LogP contribution in [0.2, 0.25) is 25.7 Å². The highest BCUT2D eigenvalue weighted by Gasteiger charge is 2.31. The van der Waals surface area contributed by atoms with E-state index < -0.39 is 13.7 Å². The van der Waals surface area contributed by atoms with Gasteiger partial charge in [-0.1, -0.05) is 45.6 Å². The summed E-state index contributed by atoms with van der Waals surface area (Å²) in [5.74, 6) is 3.27. The Kier molecular flexibility index (Phi) is 16.4. The van der Waals surface area contributed by atoms with Crippen molar-refractivity contribution in [3.8, 4) is 5.88 Å². The van der Waals surface area contributed by atoms with Crippen molar-refractivity contribution in [2.45, 2.75) is 111 Å². The minimum atomic E-state index is -1.27. The number of hydrogen-bond acceptors (Lipinski definition) is 10. The molecule has 1 fully saturated rings. The maximum Gasteiger partial charge on any atom is 0.227 e. The summed E-state index contributed by atoms with van der Waals surface area (Å²) >= 11 is 0. The van der Waals surface area contributed by atoms with E-state index in [9.17, 15) is 0 Å². The van der Waals surface area contributed by atoms with Crippen molar-refractivity contribution in [3.05, 3.63) is 29.6 Å². The van der Waals surface area contributed by atoms with E-state index in [-0.39, 0.29) is 18.0 Å². The second-order valence-corrected chi connectivity index (χ2v) is 19.5. The van der Waals surface area contributed by atoms with Crippen molar-refractivity contribution < 1.29 is 18.9 Å². The summed E-state index contributed by atoms with van der Waals surface area (Å²) in [6, 6.07) is 1.07. The summed E-state index contributed by atoms with van der Waals surface area (Å²) in [5.41, 5.74) is 0.0553. The van der Waals surface area contributed by atoms with E-state index in [1.165, 1.54) is 19.1 Å². The van der Waals surface area contributed by atoms with Gasteiger partial charge >= 0.3 is 0 Å². The van der Waals surface area contributed by atoms with Crippen LogP contribution in [-0.2, 0) is 14.2 Å². The SMILES string of the molecule is C/C=C/C=C(\C=NC(C)[C@@H](C)[C@@H](C)N(COCC[Si](C)(C)C)c1nc(NCC2CC2)nc(OC(C)(C=N)CC)c1C)OCCOC. The lowest BCUT2D eigenvalue weighted by Crippen LogP contribution is -2.44. The normalized spacial score (nSPS) is 17.5. The van der Waals surface area contributed by atoms with Crippen LogP contribution in [0.4, 0.5) is 11.8 Å². The molecule has 0 amide bonds. The molecule has 1 aliphatic carbocycles. The van der Waals surface area contributed by atoms with E-state index in [1.54, 1.807) is 7.11 Å². The largest absolute Gasteiger partial charge is 0.490 e. The third-order valence-corrected chi connectivity index (χ3v) is 10.3. The zero-order valence-corrected chi connectivity index (χ0v) is 31.5. The standard InChI is InChI=1S/C35H62N6O4Si/c1-12-14-15-31(44-19-18-42-8)23-37-28(5)26(3)29(6)41(25-43-20-21-46(9,10)11)32-27(4)33(45-35(7,13-2)24-36)40-34(39-32)38-22-30-16-17-30/h12,14-15,23-24,26,28-30,36H,13,16-22,25H2,1-11H3,(H,38,39,40)/b14-12+,31-15+,36-24?,37-23?/t26-,28?,29-,35?/m1/s1. The smallest absolute Gasteiger partial charge is 0.227 e. The molecule has 0 spiro atoms. The molecule has 0 radical (unpaired) electrons. The third kappa shape index (κ3) is 13.5. The summed E-state index contributed by atoms with van der Waals surface area (Å²) in [7, 11) is 0.394. The van der Waals surface area contributed by atoms with Crippen LogP contribution < -0.4 is 15.0 Å². The molecule has 10 nitrogen and oxygen atoms in total. The number of rotatable bonds is 23. The summed E-state index contributed by atoms with van der Waals surface area (Å²) in [6.07, 6.45) is 12.1. The molecule has 2 unspecified atom stereocenters. The van der Waals surface area contributed by atoms with Crippen LogP contribution in [-0.4, -0.2) is 88.4 Å². The Labute approximate surface area is 280 Å². The Hall–Kier alpha value is -2.76. The average Bonchev–Trinajstić information content (AvgIpc) is 3.86. The van der Waals surface area contributed by atoms with E-state index in [4.69, 9.17) is 39.3 Å². The van der Waals surface area contributed by atoms with Crippen LogP contribution in [0, 0.1) is 24.2 Å². The number of methoxy groups -OCH3 is 1. The Morgan fingerprint density at radius 3 is 2.48 bits per heavy atom. The van der Waals surface area contributed by atoms with E-state index in [0.29, 0.717) is 56.5 Å². The maximum absolute atomic E-state index is 8.03. The summed E-state index contributed by atoms with van der Waals surface area (Å²) in [5, 5.41) is 11.5. The van der Waals surface area contributed by atoms with Crippen molar-refractivity contribution in [2.24, 2.45) is 16.8 Å². The molecule has 11 heteroatoms. The molecular weight excluding hydrogens is 597 g/mol. The van der Waals surface area contributed by atoms with E-state index >= 15 is 0 Å². The average molecular weight is 659 g/mol. The monoisotopic (exact) mass is 658 g/mol. The van der Waals surface area contributed by atoms with Gasteiger partial charge in [0.05, 0.1) is 24.4 Å². The number of aromatic nitrogens is 2. The van der Waals surface area contributed by atoms with Gasteiger partial charge in [0.15, 0.2) is 0 Å². The number of nitrogens with zero attached hydrogens (tertiary/aromatic N) is 4. The summed E-state index contributed by atoms with van der Waals surface area (Å²) in [6.45, 7) is 24.4. The van der Waals surface area contributed by atoms with Gasteiger partial charge in [0.1, 0.15) is 30.5 Å². The molecule has 0 aliphatic heterocycles. The topological polar surface area (TPSA) is 114 Å². The molecule has 1 aliphatic rings. The molecule has 0 saturated heterocycles. The highest BCUT2D eigenvalue weighted by atomic mass is 28.3. The van der Waals surface area contributed by atoms with Crippen molar-refractivity contribution in [1.29, 1.82) is 5.41 Å². The first-order valence-corrected chi connectivity index (χ1v) is 20.6. The summed E-state index contributed by atoms with van der Waals surface area (Å²) in [4.78, 5) is 17.0. The number of aliphatic imine (C=N–C) groups is 1. The van der Waals surface area contributed by atoms with E-state index in [1.807, 2.05) is 52.1 Å². The molecule has 0 bridgehead atoms. The minimum absolute atomic E-state index is 0.00874. The van der Waals surface area contributed by atoms with Crippen LogP contribution in [0.15, 0.2) is 29.0 Å². The Bertz CT molecular complexity index is 1170. The first-order chi connectivity index (χ1) is 21.8. The highest BCUT2D eigenvalue weighted by molar-refractivity contribution is 6.76. The zero-order chi connectivity index (χ0) is 34.3. The fraction of sp³-hybridized carbons (Fsp3) is 0.714. The molecule has 4 atom stereocenters. The van der Waals surface area contributed by atoms with Gasteiger partial charge in [-0.2, -0.15) is 9.97 Å². The van der Waals surface area contributed by atoms with Gasteiger partial charge < -0.3 is 34.6 Å². The first kappa shape index (κ1) is 39.4. The molecule has 2 N–H and O–H groups in total. The number of nitrogens with one attached hydrogen (secondary N) is 2. The lowest BCUT2D eigenvalue weighted by atomic mass is 9.95. The first-order valence-electron chi connectivity index (χ1n) is 16.9. The number of anilines is 2. The fourth-order valence-corrected chi connectivity index (χ4v) is 5.17. The number of ether oxygens (including phenoxy) is 4. The molecule has 1 heterocycles. The van der Waals surface area contributed by atoms with E-state index in [0.717, 1.165) is 24.0 Å². The highest BCUT2D eigenvalue weighted by Crippen LogP contribution is 2.34. The Morgan fingerprint density at radius 1 is 1.17 bits per heavy atom. The van der Waals surface area contributed by atoms with Crippen LogP contribution in [0.3, 0.4) is 0 Å². The zero-order valence-electron chi connectivity index (χ0n) is 30.5. The van der Waals surface area contributed by atoms with Crippen molar-refractivity contribution in [1.82, 2.24) is 9.97 Å². The van der Waals surface area contributed by atoms with Gasteiger partial charge in [-0.15, -0.1) is 0 Å². The summed E-state index contributed by atoms with van der Waals surface area (Å²) < 4.78 is 23.8. The van der Waals surface area contributed by atoms with Crippen molar-refractivity contribution >= 4 is 32.3 Å². The Morgan fingerprint density at radius 2 is 1.89 bits per heavy atom. The van der Waals surface area contributed by atoms with Crippen LogP contribution in [0.25, 0.3) is 0 Å². The van der Waals surface area contributed by atoms with Gasteiger partial charge in [-0.05, 0) is 77.8 Å². The Balaban J connectivity index is 2.47. The van der Waals surface area contributed by atoms with Crippen molar-refractivity contribution in [2.75, 3.05) is 50.4 Å². The predicted molar refractivity (Wildman–Crippen MR) is 195 cm³/mol. The molecular formula is C35H62N6O4Si. The van der Waals surface area contributed by atoms with Gasteiger partial charge in [-0.25, -0.2) is 0 Å². The second-order valence-electron chi connectivity index (χ2n) is 13.9. The van der Waals surface area contributed by atoms with Crippen LogP contribution in [0.5, 0.6) is 5.88 Å². The molecule has 1 aromatic heterocycles. The molecule has 0 aromatic carbocycles. The fourth-order valence-electron chi connectivity index (χ4n) is 4.41. The molecule has 46 heavy (non-hydrogen) atoms. The molecule has 1 saturated carbocycles. The minimum Gasteiger partial charge on any atom is -0.490 e. The van der Waals surface area contributed by atoms with Gasteiger partial charge in [0, 0.05) is 40.6 Å². The number of hydrogen-bond donors (Lipinski definition) is 2. The molecule has 260 valence electrons.